The Balaban J connectivity index is 2.24. The van der Waals surface area contributed by atoms with Crippen LogP contribution in [-0.2, 0) is 20.6 Å². The third-order valence-electron chi connectivity index (χ3n) is 4.34. The number of carboxylic acid groups (broad SMARTS) is 1. The van der Waals surface area contributed by atoms with Gasteiger partial charge in [0.05, 0.1) is 11.7 Å². The summed E-state index contributed by atoms with van der Waals surface area (Å²) in [5, 5.41) is 9.20. The molecule has 1 aromatic carbocycles. The molecule has 1 N–H and O–H groups in total. The topological polar surface area (TPSA) is 74.7 Å². The number of carbonyl (C=O) groups is 1. The van der Waals surface area contributed by atoms with Gasteiger partial charge in [-0.25, -0.2) is 12.7 Å². The van der Waals surface area contributed by atoms with Crippen molar-refractivity contribution in [2.45, 2.75) is 32.9 Å². The maximum Gasteiger partial charge on any atom is 0.307 e. The number of benzene rings is 1. The fraction of sp³-hybridized carbons (Fsp3) is 0.562. The van der Waals surface area contributed by atoms with E-state index in [1.54, 1.807) is 0 Å². The Morgan fingerprint density at radius 2 is 1.86 bits per heavy atom. The van der Waals surface area contributed by atoms with Gasteiger partial charge in [0, 0.05) is 13.1 Å². The number of hydrogen-bond donors (Lipinski definition) is 1. The van der Waals surface area contributed by atoms with Gasteiger partial charge in [-0.15, -0.1) is 0 Å². The minimum atomic E-state index is -3.51. The van der Waals surface area contributed by atoms with Crippen LogP contribution in [0, 0.1) is 25.7 Å². The fourth-order valence-corrected chi connectivity index (χ4v) is 4.95. The van der Waals surface area contributed by atoms with E-state index in [0.717, 1.165) is 16.7 Å². The second-order valence-corrected chi connectivity index (χ2v) is 8.29. The fourth-order valence-electron chi connectivity index (χ4n) is 3.06. The van der Waals surface area contributed by atoms with Crippen LogP contribution in [0.5, 0.6) is 0 Å². The van der Waals surface area contributed by atoms with E-state index in [4.69, 9.17) is 0 Å². The first-order valence-electron chi connectivity index (χ1n) is 7.46. The average Bonchev–Trinajstić information content (AvgIpc) is 2.42. The molecule has 0 bridgehead atoms. The number of hydrogen-bond acceptors (Lipinski definition) is 3. The lowest BCUT2D eigenvalue weighted by Gasteiger charge is -2.34. The highest BCUT2D eigenvalue weighted by Crippen LogP contribution is 2.26. The number of aryl methyl sites for hydroxylation is 2. The maximum atomic E-state index is 12.7. The third-order valence-corrected chi connectivity index (χ3v) is 6.08. The van der Waals surface area contributed by atoms with Crippen LogP contribution in [0.1, 0.15) is 30.0 Å². The van der Waals surface area contributed by atoms with Crippen LogP contribution < -0.4 is 0 Å². The zero-order chi connectivity index (χ0) is 16.5. The van der Waals surface area contributed by atoms with Crippen molar-refractivity contribution in [2.75, 3.05) is 13.1 Å². The van der Waals surface area contributed by atoms with E-state index in [1.807, 2.05) is 39.0 Å². The van der Waals surface area contributed by atoms with Crippen molar-refractivity contribution in [3.63, 3.8) is 0 Å². The van der Waals surface area contributed by atoms with E-state index in [9.17, 15) is 18.3 Å². The van der Waals surface area contributed by atoms with Gasteiger partial charge in [-0.3, -0.25) is 4.79 Å². The van der Waals surface area contributed by atoms with Gasteiger partial charge in [-0.1, -0.05) is 25.1 Å². The zero-order valence-corrected chi connectivity index (χ0v) is 14.1. The molecule has 5 nitrogen and oxygen atoms in total. The van der Waals surface area contributed by atoms with Crippen LogP contribution in [0.15, 0.2) is 18.2 Å². The van der Waals surface area contributed by atoms with Crippen molar-refractivity contribution in [3.8, 4) is 0 Å². The van der Waals surface area contributed by atoms with Gasteiger partial charge in [0.1, 0.15) is 0 Å². The molecule has 22 heavy (non-hydrogen) atoms. The Hall–Kier alpha value is -1.40. The van der Waals surface area contributed by atoms with Crippen LogP contribution in [0.2, 0.25) is 0 Å². The summed E-state index contributed by atoms with van der Waals surface area (Å²) >= 11 is 0. The lowest BCUT2D eigenvalue weighted by Crippen LogP contribution is -2.45. The monoisotopic (exact) mass is 325 g/mol. The lowest BCUT2D eigenvalue weighted by molar-refractivity contribution is -0.143. The number of carboxylic acids is 1. The SMILES string of the molecule is Cc1cccc(C)c1CS(=O)(=O)N1CC(C)CC(C(=O)O)C1. The van der Waals surface area contributed by atoms with E-state index < -0.39 is 21.9 Å². The van der Waals surface area contributed by atoms with Crippen molar-refractivity contribution in [1.82, 2.24) is 4.31 Å². The molecule has 1 aliphatic rings. The zero-order valence-electron chi connectivity index (χ0n) is 13.2. The summed E-state index contributed by atoms with van der Waals surface area (Å²) in [4.78, 5) is 11.2. The second-order valence-electron chi connectivity index (χ2n) is 6.32. The Morgan fingerprint density at radius 3 is 2.41 bits per heavy atom. The summed E-state index contributed by atoms with van der Waals surface area (Å²) in [5.41, 5.74) is 2.71. The van der Waals surface area contributed by atoms with Crippen LogP contribution in [0.4, 0.5) is 0 Å². The van der Waals surface area contributed by atoms with Gasteiger partial charge in [0.25, 0.3) is 0 Å². The van der Waals surface area contributed by atoms with Crippen LogP contribution in [0.25, 0.3) is 0 Å². The number of piperidine rings is 1. The smallest absolute Gasteiger partial charge is 0.307 e. The van der Waals surface area contributed by atoms with E-state index in [2.05, 4.69) is 0 Å². The van der Waals surface area contributed by atoms with E-state index in [1.165, 1.54) is 4.31 Å². The highest BCUT2D eigenvalue weighted by atomic mass is 32.2. The summed E-state index contributed by atoms with van der Waals surface area (Å²) < 4.78 is 26.8. The number of sulfonamides is 1. The number of aliphatic carboxylic acids is 1. The molecule has 2 atom stereocenters. The Labute approximate surface area is 132 Å². The third kappa shape index (κ3) is 3.67. The summed E-state index contributed by atoms with van der Waals surface area (Å²) in [6, 6.07) is 5.71. The Bertz CT molecular complexity index is 648. The van der Waals surface area contributed by atoms with E-state index >= 15 is 0 Å². The molecule has 0 aliphatic carbocycles. The molecule has 122 valence electrons. The molecule has 2 rings (SSSR count). The lowest BCUT2D eigenvalue weighted by atomic mass is 9.92. The molecule has 1 fully saturated rings. The molecule has 1 aromatic rings. The highest BCUT2D eigenvalue weighted by molar-refractivity contribution is 7.88. The molecule has 1 saturated heterocycles. The molecule has 0 spiro atoms. The Morgan fingerprint density at radius 1 is 1.27 bits per heavy atom. The first kappa shape index (κ1) is 17.0. The molecule has 1 aliphatic heterocycles. The first-order valence-corrected chi connectivity index (χ1v) is 9.07. The summed E-state index contributed by atoms with van der Waals surface area (Å²) in [7, 11) is -3.51. The summed E-state index contributed by atoms with van der Waals surface area (Å²) in [6.07, 6.45) is 0.532. The number of rotatable bonds is 4. The average molecular weight is 325 g/mol. The Kier molecular flexibility index (Phi) is 4.92. The van der Waals surface area contributed by atoms with Crippen LogP contribution >= 0.6 is 0 Å². The van der Waals surface area contributed by atoms with Crippen LogP contribution in [0.3, 0.4) is 0 Å². The largest absolute Gasteiger partial charge is 0.481 e. The van der Waals surface area contributed by atoms with Gasteiger partial charge in [-0.2, -0.15) is 0 Å². The standard InChI is InChI=1S/C16H23NO4S/c1-11-7-14(16(18)19)9-17(8-11)22(20,21)10-15-12(2)5-4-6-13(15)3/h4-6,11,14H,7-10H2,1-3H3,(H,18,19). The number of nitrogens with zero attached hydrogens (tertiary/aromatic N) is 1. The predicted molar refractivity (Wildman–Crippen MR) is 85.0 cm³/mol. The molecule has 0 saturated carbocycles. The summed E-state index contributed by atoms with van der Waals surface area (Å²) in [6.45, 7) is 6.17. The molecule has 0 aromatic heterocycles. The molecule has 1 heterocycles. The van der Waals surface area contributed by atoms with Crippen LogP contribution in [-0.4, -0.2) is 36.9 Å². The maximum absolute atomic E-state index is 12.7. The van der Waals surface area contributed by atoms with Crippen molar-refractivity contribution in [1.29, 1.82) is 0 Å². The van der Waals surface area contributed by atoms with Gasteiger partial charge in [0.2, 0.25) is 10.0 Å². The minimum Gasteiger partial charge on any atom is -0.481 e. The van der Waals surface area contributed by atoms with Crippen molar-refractivity contribution in [2.24, 2.45) is 11.8 Å². The van der Waals surface area contributed by atoms with Gasteiger partial charge >= 0.3 is 5.97 Å². The minimum absolute atomic E-state index is 0.0580. The van der Waals surface area contributed by atoms with Gasteiger partial charge < -0.3 is 5.11 Å². The van der Waals surface area contributed by atoms with Gasteiger partial charge in [-0.05, 0) is 42.9 Å². The van der Waals surface area contributed by atoms with Crippen molar-refractivity contribution < 1.29 is 18.3 Å². The molecule has 0 amide bonds. The predicted octanol–water partition coefficient (Wildman–Crippen LogP) is 2.18. The molecular formula is C16H23NO4S. The molecule has 6 heteroatoms. The highest BCUT2D eigenvalue weighted by Gasteiger charge is 2.35. The second kappa shape index (κ2) is 6.38. The molecular weight excluding hydrogens is 302 g/mol. The molecule has 0 radical (unpaired) electrons. The molecule has 2 unspecified atom stereocenters. The van der Waals surface area contributed by atoms with Crippen molar-refractivity contribution >= 4 is 16.0 Å². The normalized spacial score (nSPS) is 23.4. The van der Waals surface area contributed by atoms with E-state index in [0.29, 0.717) is 13.0 Å². The quantitative estimate of drug-likeness (QED) is 0.920. The first-order chi connectivity index (χ1) is 10.2. The van der Waals surface area contributed by atoms with Gasteiger partial charge in [0.15, 0.2) is 0 Å². The van der Waals surface area contributed by atoms with E-state index in [-0.39, 0.29) is 18.2 Å². The summed E-state index contributed by atoms with van der Waals surface area (Å²) in [5.74, 6) is -1.54. The van der Waals surface area contributed by atoms with Crippen molar-refractivity contribution in [3.05, 3.63) is 34.9 Å².